The topological polar surface area (TPSA) is 42.4 Å². The van der Waals surface area contributed by atoms with E-state index in [1.807, 2.05) is 24.9 Å². The molecular weight excluding hydrogens is 231 g/mol. The number of halogens is 1. The van der Waals surface area contributed by atoms with Crippen molar-refractivity contribution in [3.8, 4) is 0 Å². The fourth-order valence-electron chi connectivity index (χ4n) is 1.98. The van der Waals surface area contributed by atoms with E-state index in [4.69, 9.17) is 10.2 Å². The van der Waals surface area contributed by atoms with Crippen LogP contribution in [0.25, 0.3) is 0 Å². The third-order valence-electron chi connectivity index (χ3n) is 2.89. The van der Waals surface area contributed by atoms with Gasteiger partial charge in [0, 0.05) is 30.9 Å². The lowest BCUT2D eigenvalue weighted by molar-refractivity contribution is 0.563. The molecule has 0 saturated carbocycles. The molecule has 0 fully saturated rings. The summed E-state index contributed by atoms with van der Waals surface area (Å²) in [5, 5.41) is 0. The van der Waals surface area contributed by atoms with E-state index in [1.165, 1.54) is 12.1 Å². The number of rotatable bonds is 4. The van der Waals surface area contributed by atoms with Crippen LogP contribution in [0.2, 0.25) is 0 Å². The molecule has 0 radical (unpaired) electrons. The highest BCUT2D eigenvalue weighted by atomic mass is 19.1. The van der Waals surface area contributed by atoms with Crippen molar-refractivity contribution >= 4 is 5.69 Å². The summed E-state index contributed by atoms with van der Waals surface area (Å²) in [6.45, 7) is 2.55. The van der Waals surface area contributed by atoms with Gasteiger partial charge in [-0.15, -0.1) is 0 Å². The van der Waals surface area contributed by atoms with Crippen molar-refractivity contribution in [3.05, 3.63) is 53.7 Å². The molecule has 0 spiro atoms. The van der Waals surface area contributed by atoms with Gasteiger partial charge < -0.3 is 15.1 Å². The van der Waals surface area contributed by atoms with Gasteiger partial charge in [-0.25, -0.2) is 4.39 Å². The molecule has 0 bridgehead atoms. The van der Waals surface area contributed by atoms with Crippen LogP contribution in [-0.2, 0) is 6.54 Å². The van der Waals surface area contributed by atoms with Crippen LogP contribution in [0.3, 0.4) is 0 Å². The molecule has 0 aliphatic heterocycles. The van der Waals surface area contributed by atoms with Gasteiger partial charge in [-0.2, -0.15) is 0 Å². The van der Waals surface area contributed by atoms with Crippen LogP contribution < -0.4 is 10.6 Å². The first-order valence-corrected chi connectivity index (χ1v) is 5.85. The first-order valence-electron chi connectivity index (χ1n) is 5.85. The lowest BCUT2D eigenvalue weighted by atomic mass is 10.1. The van der Waals surface area contributed by atoms with Crippen molar-refractivity contribution in [1.82, 2.24) is 0 Å². The van der Waals surface area contributed by atoms with Crippen molar-refractivity contribution in [2.75, 3.05) is 11.9 Å². The number of hydrogen-bond acceptors (Lipinski definition) is 3. The SMILES string of the molecule is C[C@H](N)c1cc(F)ccc1N(C)Cc1ccoc1. The maximum Gasteiger partial charge on any atom is 0.123 e. The van der Waals surface area contributed by atoms with Crippen LogP contribution in [-0.4, -0.2) is 7.05 Å². The molecule has 96 valence electrons. The third-order valence-corrected chi connectivity index (χ3v) is 2.89. The standard InChI is InChI=1S/C14H17FN2O/c1-10(16)13-7-12(15)3-4-14(13)17(2)8-11-5-6-18-9-11/h3-7,9-10H,8,16H2,1-2H3/t10-/m0/s1. The Morgan fingerprint density at radius 1 is 1.39 bits per heavy atom. The number of anilines is 1. The van der Waals surface area contributed by atoms with E-state index in [0.717, 1.165) is 16.8 Å². The number of benzene rings is 1. The van der Waals surface area contributed by atoms with Gasteiger partial charge in [0.1, 0.15) is 5.82 Å². The number of hydrogen-bond donors (Lipinski definition) is 1. The molecule has 1 aromatic carbocycles. The molecule has 0 saturated heterocycles. The van der Waals surface area contributed by atoms with E-state index in [-0.39, 0.29) is 11.9 Å². The van der Waals surface area contributed by atoms with Gasteiger partial charge in [0.25, 0.3) is 0 Å². The first-order chi connectivity index (χ1) is 8.58. The highest BCUT2D eigenvalue weighted by molar-refractivity contribution is 5.54. The van der Waals surface area contributed by atoms with Gasteiger partial charge in [0.05, 0.1) is 12.5 Å². The van der Waals surface area contributed by atoms with Gasteiger partial charge in [-0.05, 0) is 36.8 Å². The van der Waals surface area contributed by atoms with E-state index >= 15 is 0 Å². The maximum absolute atomic E-state index is 13.3. The Balaban J connectivity index is 2.26. The Labute approximate surface area is 106 Å². The van der Waals surface area contributed by atoms with Crippen LogP contribution in [0.4, 0.5) is 10.1 Å². The second-order valence-electron chi connectivity index (χ2n) is 4.48. The van der Waals surface area contributed by atoms with Gasteiger partial charge in [0.15, 0.2) is 0 Å². The Morgan fingerprint density at radius 3 is 2.78 bits per heavy atom. The average molecular weight is 248 g/mol. The third kappa shape index (κ3) is 2.71. The largest absolute Gasteiger partial charge is 0.472 e. The Morgan fingerprint density at radius 2 is 2.17 bits per heavy atom. The van der Waals surface area contributed by atoms with Crippen molar-refractivity contribution in [3.63, 3.8) is 0 Å². The molecule has 18 heavy (non-hydrogen) atoms. The molecule has 0 amide bonds. The molecule has 0 aliphatic carbocycles. The molecule has 3 nitrogen and oxygen atoms in total. The molecular formula is C14H17FN2O. The second-order valence-corrected chi connectivity index (χ2v) is 4.48. The van der Waals surface area contributed by atoms with E-state index < -0.39 is 0 Å². The summed E-state index contributed by atoms with van der Waals surface area (Å²) in [5.41, 5.74) is 8.69. The lowest BCUT2D eigenvalue weighted by Gasteiger charge is -2.23. The molecule has 0 aliphatic rings. The fourth-order valence-corrected chi connectivity index (χ4v) is 1.98. The number of furan rings is 1. The van der Waals surface area contributed by atoms with Gasteiger partial charge in [0.2, 0.25) is 0 Å². The quantitative estimate of drug-likeness (QED) is 0.904. The summed E-state index contributed by atoms with van der Waals surface area (Å²) in [6.07, 6.45) is 3.34. The minimum atomic E-state index is -0.261. The first kappa shape index (κ1) is 12.6. The van der Waals surface area contributed by atoms with Gasteiger partial charge >= 0.3 is 0 Å². The molecule has 2 rings (SSSR count). The summed E-state index contributed by atoms with van der Waals surface area (Å²) >= 11 is 0. The zero-order valence-corrected chi connectivity index (χ0v) is 10.6. The minimum absolute atomic E-state index is 0.206. The summed E-state index contributed by atoms with van der Waals surface area (Å²) in [6, 6.07) is 6.40. The summed E-state index contributed by atoms with van der Waals surface area (Å²) in [5.74, 6) is -0.261. The Hall–Kier alpha value is -1.81. The fraction of sp³-hybridized carbons (Fsp3) is 0.286. The van der Waals surface area contributed by atoms with E-state index in [1.54, 1.807) is 18.6 Å². The molecule has 1 heterocycles. The molecule has 0 unspecified atom stereocenters. The predicted octanol–water partition coefficient (Wildman–Crippen LogP) is 3.07. The van der Waals surface area contributed by atoms with Crippen LogP contribution in [0.15, 0.2) is 41.2 Å². The Kier molecular flexibility index (Phi) is 3.67. The van der Waals surface area contributed by atoms with E-state index in [9.17, 15) is 4.39 Å². The summed E-state index contributed by atoms with van der Waals surface area (Å²) < 4.78 is 18.3. The average Bonchev–Trinajstić information content (AvgIpc) is 2.81. The van der Waals surface area contributed by atoms with Crippen LogP contribution in [0.1, 0.15) is 24.1 Å². The zero-order valence-electron chi connectivity index (χ0n) is 10.6. The highest BCUT2D eigenvalue weighted by Gasteiger charge is 2.12. The summed E-state index contributed by atoms with van der Waals surface area (Å²) in [4.78, 5) is 2.03. The summed E-state index contributed by atoms with van der Waals surface area (Å²) in [7, 11) is 1.95. The van der Waals surface area contributed by atoms with E-state index in [2.05, 4.69) is 0 Å². The van der Waals surface area contributed by atoms with Crippen LogP contribution in [0.5, 0.6) is 0 Å². The molecule has 2 N–H and O–H groups in total. The predicted molar refractivity (Wildman–Crippen MR) is 69.8 cm³/mol. The van der Waals surface area contributed by atoms with Crippen molar-refractivity contribution in [2.24, 2.45) is 5.73 Å². The van der Waals surface area contributed by atoms with Gasteiger partial charge in [-0.1, -0.05) is 0 Å². The lowest BCUT2D eigenvalue weighted by Crippen LogP contribution is -2.20. The minimum Gasteiger partial charge on any atom is -0.472 e. The van der Waals surface area contributed by atoms with Crippen molar-refractivity contribution < 1.29 is 8.81 Å². The normalized spacial score (nSPS) is 12.4. The Bertz CT molecular complexity index is 509. The highest BCUT2D eigenvalue weighted by Crippen LogP contribution is 2.26. The number of nitrogens with two attached hydrogens (primary N) is 1. The molecule has 1 atom stereocenters. The van der Waals surface area contributed by atoms with Gasteiger partial charge in [-0.3, -0.25) is 0 Å². The van der Waals surface area contributed by atoms with Crippen LogP contribution in [0, 0.1) is 5.82 Å². The number of nitrogens with zero attached hydrogens (tertiary/aromatic N) is 1. The van der Waals surface area contributed by atoms with E-state index in [0.29, 0.717) is 6.54 Å². The van der Waals surface area contributed by atoms with Crippen molar-refractivity contribution in [2.45, 2.75) is 19.5 Å². The monoisotopic (exact) mass is 248 g/mol. The maximum atomic E-state index is 13.3. The second kappa shape index (κ2) is 5.23. The van der Waals surface area contributed by atoms with Crippen LogP contribution >= 0.6 is 0 Å². The molecule has 2 aromatic rings. The molecule has 1 aromatic heterocycles. The smallest absolute Gasteiger partial charge is 0.123 e. The zero-order chi connectivity index (χ0) is 13.1. The van der Waals surface area contributed by atoms with Crippen molar-refractivity contribution in [1.29, 1.82) is 0 Å². The molecule has 4 heteroatoms.